The van der Waals surface area contributed by atoms with Crippen molar-refractivity contribution in [2.45, 2.75) is 32.2 Å². The van der Waals surface area contributed by atoms with E-state index in [0.29, 0.717) is 11.2 Å². The number of hydrogen-bond donors (Lipinski definition) is 1. The molecule has 0 saturated carbocycles. The van der Waals surface area contributed by atoms with Gasteiger partial charge in [0.15, 0.2) is 0 Å². The highest BCUT2D eigenvalue weighted by Crippen LogP contribution is 2.22. The zero-order valence-electron chi connectivity index (χ0n) is 13.4. The fourth-order valence-corrected chi connectivity index (χ4v) is 3.42. The van der Waals surface area contributed by atoms with Gasteiger partial charge in [0.25, 0.3) is 5.56 Å². The van der Waals surface area contributed by atoms with Crippen LogP contribution >= 0.6 is 15.9 Å². The molecule has 0 saturated heterocycles. The van der Waals surface area contributed by atoms with Crippen LogP contribution in [-0.4, -0.2) is 25.3 Å². The largest absolute Gasteiger partial charge is 0.324 e. The van der Waals surface area contributed by atoms with Gasteiger partial charge in [-0.1, -0.05) is 15.9 Å². The lowest BCUT2D eigenvalue weighted by molar-refractivity contribution is -0.117. The average molecular weight is 402 g/mol. The first-order chi connectivity index (χ1) is 12.1. The summed E-state index contributed by atoms with van der Waals surface area (Å²) in [6.07, 6.45) is 5.39. The van der Waals surface area contributed by atoms with Crippen molar-refractivity contribution in [3.63, 3.8) is 0 Å². The molecule has 128 valence electrons. The summed E-state index contributed by atoms with van der Waals surface area (Å²) in [6.45, 7) is -0.134. The molecule has 1 aromatic carbocycles. The Bertz CT molecular complexity index is 1010. The van der Waals surface area contributed by atoms with Crippen LogP contribution in [0.15, 0.2) is 39.9 Å². The van der Waals surface area contributed by atoms with Crippen LogP contribution in [0.4, 0.5) is 5.69 Å². The van der Waals surface area contributed by atoms with Gasteiger partial charge in [0, 0.05) is 15.7 Å². The molecule has 1 amide bonds. The minimum atomic E-state index is -0.297. The number of hydrogen-bond acceptors (Lipinski definition) is 4. The molecular weight excluding hydrogens is 386 g/mol. The van der Waals surface area contributed by atoms with Crippen molar-refractivity contribution < 1.29 is 4.79 Å². The number of nitrogens with zero attached hydrogens (tertiary/aromatic N) is 4. The first-order valence-corrected chi connectivity index (χ1v) is 8.93. The predicted octanol–water partition coefficient (Wildman–Crippen LogP) is 2.17. The summed E-state index contributed by atoms with van der Waals surface area (Å²) < 4.78 is 3.67. The third-order valence-corrected chi connectivity index (χ3v) is 4.87. The summed E-state index contributed by atoms with van der Waals surface area (Å²) in [5.74, 6) is -0.297. The fraction of sp³-hybridized carbons (Fsp3) is 0.294. The monoisotopic (exact) mass is 401 g/mol. The van der Waals surface area contributed by atoms with Gasteiger partial charge in [-0.25, -0.2) is 9.20 Å². The Morgan fingerprint density at radius 1 is 1.20 bits per heavy atom. The average Bonchev–Trinajstić information content (AvgIpc) is 2.99. The molecule has 4 rings (SSSR count). The van der Waals surface area contributed by atoms with E-state index in [4.69, 9.17) is 0 Å². The van der Waals surface area contributed by atoms with E-state index in [0.717, 1.165) is 41.4 Å². The molecule has 1 aliphatic carbocycles. The lowest BCUT2D eigenvalue weighted by Gasteiger charge is -2.09. The van der Waals surface area contributed by atoms with Crippen LogP contribution < -0.4 is 10.9 Å². The van der Waals surface area contributed by atoms with E-state index in [1.54, 1.807) is 16.6 Å². The number of carbonyl (C=O) groups is 1. The molecular formula is C17H16BrN5O2. The van der Waals surface area contributed by atoms with E-state index in [2.05, 4.69) is 31.4 Å². The van der Waals surface area contributed by atoms with Gasteiger partial charge < -0.3 is 5.32 Å². The van der Waals surface area contributed by atoms with Crippen molar-refractivity contribution >= 4 is 33.0 Å². The van der Waals surface area contributed by atoms with E-state index < -0.39 is 0 Å². The van der Waals surface area contributed by atoms with Crippen LogP contribution in [0.2, 0.25) is 0 Å². The first-order valence-electron chi connectivity index (χ1n) is 8.13. The first kappa shape index (κ1) is 16.0. The number of fused-ring (bicyclic) bond motifs is 3. The van der Waals surface area contributed by atoms with Gasteiger partial charge in [0.2, 0.25) is 5.91 Å². The Morgan fingerprint density at radius 2 is 1.96 bits per heavy atom. The second-order valence-corrected chi connectivity index (χ2v) is 6.99. The quantitative estimate of drug-likeness (QED) is 0.728. The number of aryl methyl sites for hydroxylation is 2. The summed E-state index contributed by atoms with van der Waals surface area (Å²) in [6, 6.07) is 7.25. The molecule has 1 aliphatic rings. The number of rotatable bonds is 3. The third-order valence-electron chi connectivity index (χ3n) is 4.34. The van der Waals surface area contributed by atoms with Crippen molar-refractivity contribution in [3.05, 3.63) is 56.7 Å². The number of benzene rings is 1. The van der Waals surface area contributed by atoms with E-state index in [1.165, 1.54) is 11.0 Å². The highest BCUT2D eigenvalue weighted by atomic mass is 79.9. The number of anilines is 1. The molecule has 25 heavy (non-hydrogen) atoms. The molecule has 2 heterocycles. The molecule has 0 atom stereocenters. The van der Waals surface area contributed by atoms with Gasteiger partial charge in [-0.05, 0) is 49.9 Å². The highest BCUT2D eigenvalue weighted by molar-refractivity contribution is 9.10. The fourth-order valence-electron chi connectivity index (χ4n) is 3.15. The van der Waals surface area contributed by atoms with E-state index in [1.807, 2.05) is 12.1 Å². The van der Waals surface area contributed by atoms with Crippen LogP contribution in [0, 0.1) is 0 Å². The normalized spacial score (nSPS) is 13.6. The zero-order chi connectivity index (χ0) is 17.4. The van der Waals surface area contributed by atoms with Gasteiger partial charge in [-0.15, -0.1) is 0 Å². The maximum Gasteiger partial charge on any atom is 0.293 e. The maximum atomic E-state index is 12.7. The molecule has 0 spiro atoms. The standard InChI is InChI=1S/C17H16BrN5O2/c18-11-5-7-12(8-6-11)20-15(24)9-22-17(25)16-13-3-1-2-4-14(13)21-23(16)10-19-22/h5-8,10H,1-4,9H2,(H,20,24). The highest BCUT2D eigenvalue weighted by Gasteiger charge is 2.20. The summed E-state index contributed by atoms with van der Waals surface area (Å²) in [4.78, 5) is 25.0. The molecule has 2 aromatic heterocycles. The summed E-state index contributed by atoms with van der Waals surface area (Å²) in [5, 5.41) is 11.3. The lowest BCUT2D eigenvalue weighted by Crippen LogP contribution is -2.31. The van der Waals surface area contributed by atoms with Crippen LogP contribution in [0.1, 0.15) is 24.1 Å². The molecule has 0 aliphatic heterocycles. The second kappa shape index (κ2) is 6.44. The summed E-state index contributed by atoms with van der Waals surface area (Å²) >= 11 is 3.35. The Morgan fingerprint density at radius 3 is 2.76 bits per heavy atom. The van der Waals surface area contributed by atoms with Crippen molar-refractivity contribution in [1.29, 1.82) is 0 Å². The molecule has 0 radical (unpaired) electrons. The number of aromatic nitrogens is 4. The number of nitrogens with one attached hydrogen (secondary N) is 1. The Balaban J connectivity index is 1.61. The van der Waals surface area contributed by atoms with Gasteiger partial charge in [-0.2, -0.15) is 10.2 Å². The smallest absolute Gasteiger partial charge is 0.293 e. The van der Waals surface area contributed by atoms with Crippen molar-refractivity contribution in [2.75, 3.05) is 5.32 Å². The minimum absolute atomic E-state index is 0.134. The summed E-state index contributed by atoms with van der Waals surface area (Å²) in [7, 11) is 0. The van der Waals surface area contributed by atoms with Crippen LogP contribution in [0.25, 0.3) is 5.52 Å². The molecule has 0 unspecified atom stereocenters. The Labute approximate surface area is 151 Å². The predicted molar refractivity (Wildman–Crippen MR) is 96.7 cm³/mol. The maximum absolute atomic E-state index is 12.7. The molecule has 1 N–H and O–H groups in total. The summed E-state index contributed by atoms with van der Waals surface area (Å²) in [5.41, 5.74) is 2.91. The number of halogens is 1. The van der Waals surface area contributed by atoms with E-state index >= 15 is 0 Å². The Hall–Kier alpha value is -2.48. The van der Waals surface area contributed by atoms with Crippen LogP contribution in [-0.2, 0) is 24.2 Å². The van der Waals surface area contributed by atoms with Crippen LogP contribution in [0.3, 0.4) is 0 Å². The van der Waals surface area contributed by atoms with Crippen molar-refractivity contribution in [1.82, 2.24) is 19.4 Å². The van der Waals surface area contributed by atoms with Gasteiger partial charge in [0.05, 0.1) is 5.69 Å². The molecule has 8 heteroatoms. The van der Waals surface area contributed by atoms with Gasteiger partial charge in [0.1, 0.15) is 18.4 Å². The van der Waals surface area contributed by atoms with Gasteiger partial charge >= 0.3 is 0 Å². The number of amides is 1. The molecule has 0 bridgehead atoms. The Kier molecular flexibility index (Phi) is 4.12. The van der Waals surface area contributed by atoms with Crippen molar-refractivity contribution in [3.8, 4) is 0 Å². The SMILES string of the molecule is O=C(Cn1ncn2nc3c(c2c1=O)CCCC3)Nc1ccc(Br)cc1. The van der Waals surface area contributed by atoms with Crippen molar-refractivity contribution in [2.24, 2.45) is 0 Å². The third kappa shape index (κ3) is 3.09. The molecule has 0 fully saturated rings. The minimum Gasteiger partial charge on any atom is -0.324 e. The lowest BCUT2D eigenvalue weighted by atomic mass is 9.97. The van der Waals surface area contributed by atoms with E-state index in [-0.39, 0.29) is 18.0 Å². The zero-order valence-corrected chi connectivity index (χ0v) is 15.0. The second-order valence-electron chi connectivity index (χ2n) is 6.07. The molecule has 7 nitrogen and oxygen atoms in total. The van der Waals surface area contributed by atoms with Crippen LogP contribution in [0.5, 0.6) is 0 Å². The molecule has 3 aromatic rings. The van der Waals surface area contributed by atoms with Gasteiger partial charge in [-0.3, -0.25) is 9.59 Å². The number of carbonyl (C=O) groups excluding carboxylic acids is 1. The van der Waals surface area contributed by atoms with E-state index in [9.17, 15) is 9.59 Å². The topological polar surface area (TPSA) is 81.3 Å².